The zero-order valence-corrected chi connectivity index (χ0v) is 12.0. The van der Waals surface area contributed by atoms with Crippen LogP contribution in [0.4, 0.5) is 0 Å². The number of carbonyl (C=O) groups is 1. The Morgan fingerprint density at radius 3 is 2.72 bits per heavy atom. The largest absolute Gasteiger partial charge is 0.368 e. The summed E-state index contributed by atoms with van der Waals surface area (Å²) in [5, 5.41) is 0. The fraction of sp³-hybridized carbons (Fsp3) is 0.923. The average molecular weight is 256 g/mol. The number of likely N-dealkylation sites (tertiary alicyclic amines) is 1. The van der Waals surface area contributed by atoms with Crippen LogP contribution in [0.15, 0.2) is 0 Å². The summed E-state index contributed by atoms with van der Waals surface area (Å²) in [7, 11) is 4.27. The van der Waals surface area contributed by atoms with Gasteiger partial charge in [-0.1, -0.05) is 0 Å². The second-order valence-electron chi connectivity index (χ2n) is 5.95. The van der Waals surface area contributed by atoms with E-state index in [9.17, 15) is 4.79 Å². The summed E-state index contributed by atoms with van der Waals surface area (Å²) < 4.78 is 0. The first kappa shape index (κ1) is 15.4. The number of likely N-dealkylation sites (N-methyl/N-ethyl adjacent to an activating group) is 1. The predicted octanol–water partition coefficient (Wildman–Crippen LogP) is -0.00470. The molecule has 0 aromatic rings. The van der Waals surface area contributed by atoms with Gasteiger partial charge in [0.15, 0.2) is 0 Å². The molecule has 5 heteroatoms. The summed E-state index contributed by atoms with van der Waals surface area (Å²) >= 11 is 0. The predicted molar refractivity (Wildman–Crippen MR) is 74.2 cm³/mol. The molecule has 0 aliphatic carbocycles. The van der Waals surface area contributed by atoms with Crippen LogP contribution >= 0.6 is 0 Å². The van der Waals surface area contributed by atoms with Crippen molar-refractivity contribution >= 4 is 5.91 Å². The first-order valence-corrected chi connectivity index (χ1v) is 6.80. The topological polar surface area (TPSA) is 75.6 Å². The maximum Gasteiger partial charge on any atom is 0.237 e. The van der Waals surface area contributed by atoms with Crippen LogP contribution in [0.25, 0.3) is 0 Å². The second kappa shape index (κ2) is 6.50. The number of rotatable bonds is 6. The van der Waals surface area contributed by atoms with E-state index in [2.05, 4.69) is 23.9 Å². The number of hydrogen-bond donors (Lipinski definition) is 2. The van der Waals surface area contributed by atoms with Crippen molar-refractivity contribution in [3.8, 4) is 0 Å². The van der Waals surface area contributed by atoms with Gasteiger partial charge in [-0.15, -0.1) is 0 Å². The Balaban J connectivity index is 2.29. The van der Waals surface area contributed by atoms with Gasteiger partial charge in [-0.05, 0) is 59.8 Å². The van der Waals surface area contributed by atoms with Crippen molar-refractivity contribution in [2.24, 2.45) is 11.5 Å². The Labute approximate surface area is 110 Å². The van der Waals surface area contributed by atoms with Gasteiger partial charge in [-0.2, -0.15) is 0 Å². The molecule has 5 nitrogen and oxygen atoms in total. The van der Waals surface area contributed by atoms with Crippen molar-refractivity contribution in [2.45, 2.75) is 44.2 Å². The van der Waals surface area contributed by atoms with E-state index in [0.717, 1.165) is 26.1 Å². The molecule has 1 aliphatic rings. The number of primary amides is 1. The summed E-state index contributed by atoms with van der Waals surface area (Å²) in [6, 6.07) is 0.652. The molecule has 0 radical (unpaired) electrons. The van der Waals surface area contributed by atoms with Gasteiger partial charge in [0.25, 0.3) is 0 Å². The van der Waals surface area contributed by atoms with Crippen LogP contribution in [-0.2, 0) is 4.79 Å². The maximum atomic E-state index is 11.1. The molecule has 2 atom stereocenters. The zero-order chi connectivity index (χ0) is 13.8. The normalized spacial score (nSPS) is 25.1. The molecule has 1 rings (SSSR count). The molecule has 18 heavy (non-hydrogen) atoms. The minimum atomic E-state index is -0.864. The summed E-state index contributed by atoms with van der Waals surface area (Å²) in [6.07, 6.45) is 4.11. The molecule has 2 unspecified atom stereocenters. The molecule has 106 valence electrons. The van der Waals surface area contributed by atoms with E-state index in [1.807, 2.05) is 0 Å². The highest BCUT2D eigenvalue weighted by atomic mass is 16.1. The summed E-state index contributed by atoms with van der Waals surface area (Å²) in [4.78, 5) is 15.9. The van der Waals surface area contributed by atoms with Gasteiger partial charge in [0.05, 0.1) is 5.54 Å². The van der Waals surface area contributed by atoms with Crippen molar-refractivity contribution in [3.05, 3.63) is 0 Å². The number of nitrogens with two attached hydrogens (primary N) is 2. The lowest BCUT2D eigenvalue weighted by Crippen LogP contribution is -2.50. The Morgan fingerprint density at radius 2 is 2.17 bits per heavy atom. The third-order valence-electron chi connectivity index (χ3n) is 3.94. The first-order valence-electron chi connectivity index (χ1n) is 6.80. The minimum absolute atomic E-state index is 0.410. The molecule has 1 amide bonds. The van der Waals surface area contributed by atoms with E-state index in [1.165, 1.54) is 12.8 Å². The number of piperidine rings is 1. The van der Waals surface area contributed by atoms with Crippen LogP contribution in [0.3, 0.4) is 0 Å². The summed E-state index contributed by atoms with van der Waals surface area (Å²) in [5.41, 5.74) is 10.3. The molecule has 0 spiro atoms. The van der Waals surface area contributed by atoms with E-state index < -0.39 is 11.4 Å². The van der Waals surface area contributed by atoms with Crippen molar-refractivity contribution in [3.63, 3.8) is 0 Å². The minimum Gasteiger partial charge on any atom is -0.368 e. The van der Waals surface area contributed by atoms with Crippen LogP contribution in [0.2, 0.25) is 0 Å². The number of hydrogen-bond acceptors (Lipinski definition) is 4. The Morgan fingerprint density at radius 1 is 1.50 bits per heavy atom. The van der Waals surface area contributed by atoms with Crippen molar-refractivity contribution < 1.29 is 4.79 Å². The van der Waals surface area contributed by atoms with Gasteiger partial charge >= 0.3 is 0 Å². The molecule has 1 aliphatic heterocycles. The van der Waals surface area contributed by atoms with Gasteiger partial charge in [0, 0.05) is 12.6 Å². The highest BCUT2D eigenvalue weighted by Crippen LogP contribution is 2.15. The second-order valence-corrected chi connectivity index (χ2v) is 5.95. The van der Waals surface area contributed by atoms with Crippen LogP contribution in [0.1, 0.15) is 32.6 Å². The lowest BCUT2D eigenvalue weighted by atomic mass is 9.96. The first-order chi connectivity index (χ1) is 8.33. The van der Waals surface area contributed by atoms with Crippen LogP contribution < -0.4 is 11.5 Å². The Bertz CT molecular complexity index is 278. The molecular weight excluding hydrogens is 228 g/mol. The smallest absolute Gasteiger partial charge is 0.237 e. The quantitative estimate of drug-likeness (QED) is 0.701. The lowest BCUT2D eigenvalue weighted by molar-refractivity contribution is -0.122. The molecule has 0 aromatic heterocycles. The van der Waals surface area contributed by atoms with Crippen molar-refractivity contribution in [2.75, 3.05) is 33.7 Å². The molecule has 0 saturated carbocycles. The van der Waals surface area contributed by atoms with E-state index in [-0.39, 0.29) is 0 Å². The third kappa shape index (κ3) is 4.55. The Hall–Kier alpha value is -0.650. The van der Waals surface area contributed by atoms with E-state index in [0.29, 0.717) is 12.5 Å². The van der Waals surface area contributed by atoms with E-state index in [1.54, 1.807) is 6.92 Å². The van der Waals surface area contributed by atoms with Gasteiger partial charge in [-0.3, -0.25) is 4.79 Å². The van der Waals surface area contributed by atoms with Crippen LogP contribution in [0.5, 0.6) is 0 Å². The molecular formula is C13H28N4O. The number of carbonyl (C=O) groups excluding carboxylic acids is 1. The molecule has 4 N–H and O–H groups in total. The zero-order valence-electron chi connectivity index (χ0n) is 12.0. The SMILES string of the molecule is CN(C)C1CCCN(CCCC(C)(N)C(N)=O)C1. The van der Waals surface area contributed by atoms with Gasteiger partial charge in [0.2, 0.25) is 5.91 Å². The van der Waals surface area contributed by atoms with E-state index >= 15 is 0 Å². The molecule has 0 aromatic carbocycles. The number of nitrogens with zero attached hydrogens (tertiary/aromatic N) is 2. The molecule has 0 bridgehead atoms. The van der Waals surface area contributed by atoms with Crippen LogP contribution in [0, 0.1) is 0 Å². The fourth-order valence-electron chi connectivity index (χ4n) is 2.45. The molecule has 1 saturated heterocycles. The van der Waals surface area contributed by atoms with Crippen LogP contribution in [-0.4, -0.2) is 61.0 Å². The van der Waals surface area contributed by atoms with E-state index in [4.69, 9.17) is 11.5 Å². The van der Waals surface area contributed by atoms with Gasteiger partial charge < -0.3 is 21.3 Å². The summed E-state index contributed by atoms with van der Waals surface area (Å²) in [6.45, 7) is 4.99. The highest BCUT2D eigenvalue weighted by molar-refractivity contribution is 5.83. The standard InChI is InChI=1S/C13H28N4O/c1-13(15,12(14)18)7-5-9-17-8-4-6-11(10-17)16(2)3/h11H,4-10,15H2,1-3H3,(H2,14,18). The number of amides is 1. The monoisotopic (exact) mass is 256 g/mol. The highest BCUT2D eigenvalue weighted by Gasteiger charge is 2.26. The Kier molecular flexibility index (Phi) is 5.56. The average Bonchev–Trinajstić information content (AvgIpc) is 2.29. The van der Waals surface area contributed by atoms with Crippen molar-refractivity contribution in [1.29, 1.82) is 0 Å². The molecule has 1 fully saturated rings. The lowest BCUT2D eigenvalue weighted by Gasteiger charge is -2.36. The third-order valence-corrected chi connectivity index (χ3v) is 3.94. The van der Waals surface area contributed by atoms with Gasteiger partial charge in [-0.25, -0.2) is 0 Å². The van der Waals surface area contributed by atoms with Gasteiger partial charge in [0.1, 0.15) is 0 Å². The summed E-state index contributed by atoms with van der Waals surface area (Å²) in [5.74, 6) is -0.410. The fourth-order valence-corrected chi connectivity index (χ4v) is 2.45. The maximum absolute atomic E-state index is 11.1. The van der Waals surface area contributed by atoms with Crippen molar-refractivity contribution in [1.82, 2.24) is 9.80 Å². The molecule has 1 heterocycles.